The summed E-state index contributed by atoms with van der Waals surface area (Å²) in [5.41, 5.74) is 1.46. The Morgan fingerprint density at radius 2 is 1.67 bits per heavy atom. The van der Waals surface area contributed by atoms with Crippen LogP contribution in [-0.4, -0.2) is 30.9 Å². The second kappa shape index (κ2) is 12.0. The van der Waals surface area contributed by atoms with Gasteiger partial charge in [-0.15, -0.1) is 0 Å². The van der Waals surface area contributed by atoms with Crippen LogP contribution < -0.4 is 10.6 Å². The third kappa shape index (κ3) is 8.25. The largest absolute Gasteiger partial charge is 0.456 e. The fraction of sp³-hybridized carbons (Fsp3) is 0.348. The summed E-state index contributed by atoms with van der Waals surface area (Å²) < 4.78 is 5.03. The van der Waals surface area contributed by atoms with Crippen molar-refractivity contribution in [3.8, 4) is 0 Å². The number of nitrogens with one attached hydrogen (secondary N) is 2. The molecule has 2 N–H and O–H groups in total. The van der Waals surface area contributed by atoms with Crippen LogP contribution in [-0.2, 0) is 14.3 Å². The van der Waals surface area contributed by atoms with Crippen LogP contribution in [0.3, 0.4) is 0 Å². The lowest BCUT2D eigenvalue weighted by Gasteiger charge is -2.21. The van der Waals surface area contributed by atoms with E-state index in [4.69, 9.17) is 16.3 Å². The molecule has 2 aromatic rings. The van der Waals surface area contributed by atoms with E-state index >= 15 is 0 Å². The van der Waals surface area contributed by atoms with E-state index in [0.717, 1.165) is 12.0 Å². The Kier molecular flexibility index (Phi) is 9.35. The van der Waals surface area contributed by atoms with E-state index in [0.29, 0.717) is 16.5 Å². The summed E-state index contributed by atoms with van der Waals surface area (Å²) in [5, 5.41) is 6.09. The van der Waals surface area contributed by atoms with E-state index in [1.807, 2.05) is 30.3 Å². The van der Waals surface area contributed by atoms with Crippen LogP contribution in [0.15, 0.2) is 54.6 Å². The van der Waals surface area contributed by atoms with Crippen LogP contribution in [0.4, 0.5) is 0 Å². The van der Waals surface area contributed by atoms with Crippen molar-refractivity contribution >= 4 is 29.4 Å². The van der Waals surface area contributed by atoms with Gasteiger partial charge in [-0.05, 0) is 42.2 Å². The highest BCUT2D eigenvalue weighted by molar-refractivity contribution is 6.30. The molecule has 2 aromatic carbocycles. The molecular weight excluding hydrogens is 404 g/mol. The Balaban J connectivity index is 1.73. The zero-order chi connectivity index (χ0) is 21.9. The molecule has 0 saturated carbocycles. The van der Waals surface area contributed by atoms with Crippen molar-refractivity contribution in [3.63, 3.8) is 0 Å². The smallest absolute Gasteiger partial charge is 0.308 e. The minimum atomic E-state index is -0.554. The predicted octanol–water partition coefficient (Wildman–Crippen LogP) is 3.91. The van der Waals surface area contributed by atoms with Gasteiger partial charge in [-0.25, -0.2) is 0 Å². The Bertz CT molecular complexity index is 838. The molecule has 0 heterocycles. The van der Waals surface area contributed by atoms with Crippen LogP contribution in [0.25, 0.3) is 0 Å². The maximum Gasteiger partial charge on any atom is 0.308 e. The molecule has 0 bridgehead atoms. The second-order valence-electron chi connectivity index (χ2n) is 7.33. The number of carbonyl (C=O) groups is 3. The molecule has 2 rings (SSSR count). The lowest BCUT2D eigenvalue weighted by atomic mass is 9.97. The lowest BCUT2D eigenvalue weighted by molar-refractivity contribution is -0.148. The van der Waals surface area contributed by atoms with Gasteiger partial charge in [0.1, 0.15) is 0 Å². The highest BCUT2D eigenvalue weighted by atomic mass is 35.5. The van der Waals surface area contributed by atoms with Gasteiger partial charge >= 0.3 is 5.97 Å². The van der Waals surface area contributed by atoms with Crippen molar-refractivity contribution < 1.29 is 19.1 Å². The summed E-state index contributed by atoms with van der Waals surface area (Å²) in [6.07, 6.45) is 0.751. The Morgan fingerprint density at radius 3 is 2.30 bits per heavy atom. The minimum Gasteiger partial charge on any atom is -0.456 e. The standard InChI is InChI=1S/C23H27ClN2O4/c1-16(2)14-20(17-6-4-3-5-7-17)26-21(27)15-30-22(28)12-13-25-23(29)18-8-10-19(24)11-9-18/h3-11,16,20H,12-15H2,1-2H3,(H,25,29)(H,26,27). The van der Waals surface area contributed by atoms with Gasteiger partial charge in [0, 0.05) is 17.1 Å². The molecule has 0 saturated heterocycles. The average Bonchev–Trinajstić information content (AvgIpc) is 2.72. The van der Waals surface area contributed by atoms with Crippen LogP contribution >= 0.6 is 11.6 Å². The van der Waals surface area contributed by atoms with Crippen LogP contribution in [0.2, 0.25) is 5.02 Å². The summed E-state index contributed by atoms with van der Waals surface area (Å²) >= 11 is 5.79. The highest BCUT2D eigenvalue weighted by Gasteiger charge is 2.17. The average molecular weight is 431 g/mol. The third-order valence-corrected chi connectivity index (χ3v) is 4.58. The van der Waals surface area contributed by atoms with Crippen molar-refractivity contribution in [2.45, 2.75) is 32.7 Å². The zero-order valence-corrected chi connectivity index (χ0v) is 17.9. The molecule has 1 atom stereocenters. The minimum absolute atomic E-state index is 0.0271. The Hall–Kier alpha value is -2.86. The number of esters is 1. The molecule has 0 fully saturated rings. The van der Waals surface area contributed by atoms with E-state index in [9.17, 15) is 14.4 Å². The molecule has 30 heavy (non-hydrogen) atoms. The first-order valence-corrected chi connectivity index (χ1v) is 10.3. The van der Waals surface area contributed by atoms with Crippen molar-refractivity contribution in [1.29, 1.82) is 0 Å². The predicted molar refractivity (Wildman–Crippen MR) is 116 cm³/mol. The first-order valence-electron chi connectivity index (χ1n) is 9.89. The van der Waals surface area contributed by atoms with Gasteiger partial charge in [-0.2, -0.15) is 0 Å². The molecule has 0 spiro atoms. The number of rotatable bonds is 10. The van der Waals surface area contributed by atoms with Gasteiger partial charge in [0.2, 0.25) is 0 Å². The summed E-state index contributed by atoms with van der Waals surface area (Å²) in [5.74, 6) is -0.830. The van der Waals surface area contributed by atoms with Gasteiger partial charge in [-0.3, -0.25) is 14.4 Å². The van der Waals surface area contributed by atoms with Crippen molar-refractivity contribution in [2.24, 2.45) is 5.92 Å². The van der Waals surface area contributed by atoms with E-state index in [1.165, 1.54) is 0 Å². The summed E-state index contributed by atoms with van der Waals surface area (Å²) in [6.45, 7) is 3.92. The Labute approximate surface area is 182 Å². The van der Waals surface area contributed by atoms with E-state index < -0.39 is 5.97 Å². The number of ether oxygens (including phenoxy) is 1. The normalized spacial score (nSPS) is 11.6. The number of halogens is 1. The van der Waals surface area contributed by atoms with Gasteiger partial charge in [0.15, 0.2) is 6.61 Å². The fourth-order valence-electron chi connectivity index (χ4n) is 2.87. The van der Waals surface area contributed by atoms with Crippen molar-refractivity contribution in [1.82, 2.24) is 10.6 Å². The number of benzene rings is 2. The molecule has 6 nitrogen and oxygen atoms in total. The number of carbonyl (C=O) groups excluding carboxylic acids is 3. The molecular formula is C23H27ClN2O4. The molecule has 160 valence electrons. The monoisotopic (exact) mass is 430 g/mol. The third-order valence-electron chi connectivity index (χ3n) is 4.33. The van der Waals surface area contributed by atoms with Gasteiger partial charge in [0.25, 0.3) is 11.8 Å². The topological polar surface area (TPSA) is 84.5 Å². The number of hydrogen-bond acceptors (Lipinski definition) is 4. The maximum atomic E-state index is 12.2. The van der Waals surface area contributed by atoms with Crippen LogP contribution in [0, 0.1) is 5.92 Å². The lowest BCUT2D eigenvalue weighted by Crippen LogP contribution is -2.33. The number of amides is 2. The Morgan fingerprint density at radius 1 is 1.00 bits per heavy atom. The summed E-state index contributed by atoms with van der Waals surface area (Å²) in [4.78, 5) is 36.1. The molecule has 7 heteroatoms. The van der Waals surface area contributed by atoms with Gasteiger partial charge in [-0.1, -0.05) is 55.8 Å². The van der Waals surface area contributed by atoms with Crippen LogP contribution in [0.1, 0.15) is 48.7 Å². The molecule has 0 aliphatic heterocycles. The van der Waals surface area contributed by atoms with Crippen LogP contribution in [0.5, 0.6) is 0 Å². The van der Waals surface area contributed by atoms with Crippen molar-refractivity contribution in [3.05, 3.63) is 70.7 Å². The first-order chi connectivity index (χ1) is 14.3. The molecule has 0 aliphatic rings. The van der Waals surface area contributed by atoms with Crippen molar-refractivity contribution in [2.75, 3.05) is 13.2 Å². The highest BCUT2D eigenvalue weighted by Crippen LogP contribution is 2.20. The summed E-state index contributed by atoms with van der Waals surface area (Å²) in [6, 6.07) is 16.0. The first kappa shape index (κ1) is 23.4. The van der Waals surface area contributed by atoms with E-state index in [2.05, 4.69) is 24.5 Å². The molecule has 1 unspecified atom stereocenters. The SMILES string of the molecule is CC(C)CC(NC(=O)COC(=O)CCNC(=O)c1ccc(Cl)cc1)c1ccccc1. The van der Waals surface area contributed by atoms with Gasteiger partial charge < -0.3 is 15.4 Å². The summed E-state index contributed by atoms with van der Waals surface area (Å²) in [7, 11) is 0. The molecule has 2 amide bonds. The zero-order valence-electron chi connectivity index (χ0n) is 17.2. The molecule has 0 aromatic heterocycles. The molecule has 0 aliphatic carbocycles. The molecule has 0 radical (unpaired) electrons. The fourth-order valence-corrected chi connectivity index (χ4v) is 3.00. The maximum absolute atomic E-state index is 12.2. The quantitative estimate of drug-likeness (QED) is 0.560. The van der Waals surface area contributed by atoms with E-state index in [-0.39, 0.29) is 37.4 Å². The van der Waals surface area contributed by atoms with Gasteiger partial charge in [0.05, 0.1) is 12.5 Å². The van der Waals surface area contributed by atoms with E-state index in [1.54, 1.807) is 24.3 Å². The second-order valence-corrected chi connectivity index (χ2v) is 7.77. The number of hydrogen-bond donors (Lipinski definition) is 2.